The highest BCUT2D eigenvalue weighted by Crippen LogP contribution is 2.14. The summed E-state index contributed by atoms with van der Waals surface area (Å²) in [6, 6.07) is 5.56. The molecular weight excluding hydrogens is 220 g/mol. The zero-order valence-corrected chi connectivity index (χ0v) is 7.48. The molecule has 5 heteroatoms. The minimum Gasteiger partial charge on any atom is -0.219 e. The fourth-order valence-electron chi connectivity index (χ4n) is 0.921. The highest BCUT2D eigenvalue weighted by molar-refractivity contribution is 9.10. The van der Waals surface area contributed by atoms with E-state index in [1.165, 1.54) is 0 Å². The Morgan fingerprint density at radius 2 is 2.42 bits per heavy atom. The highest BCUT2D eigenvalue weighted by Gasteiger charge is 2.03. The second-order valence-corrected chi connectivity index (χ2v) is 3.03. The molecule has 0 N–H and O–H groups in total. The Bertz CT molecular complexity index is 468. The van der Waals surface area contributed by atoms with Crippen LogP contribution in [0.15, 0.2) is 22.8 Å². The van der Waals surface area contributed by atoms with Crippen molar-refractivity contribution in [2.45, 2.75) is 0 Å². The van der Waals surface area contributed by atoms with E-state index in [4.69, 9.17) is 5.26 Å². The van der Waals surface area contributed by atoms with Gasteiger partial charge in [0.05, 0.1) is 4.47 Å². The number of rotatable bonds is 0. The third kappa shape index (κ3) is 0.970. The van der Waals surface area contributed by atoms with Crippen LogP contribution in [0.1, 0.15) is 5.82 Å². The van der Waals surface area contributed by atoms with Gasteiger partial charge in [0, 0.05) is 6.20 Å². The van der Waals surface area contributed by atoms with Crippen LogP contribution in [0.3, 0.4) is 0 Å². The standard InChI is InChI=1S/C7H3BrN4/c8-5-2-1-3-12-7(5)10-6(4-9)11-12/h1-3H. The summed E-state index contributed by atoms with van der Waals surface area (Å²) < 4.78 is 2.39. The van der Waals surface area contributed by atoms with Crippen LogP contribution in [0.4, 0.5) is 0 Å². The van der Waals surface area contributed by atoms with Crippen LogP contribution in [-0.4, -0.2) is 14.6 Å². The number of fused-ring (bicyclic) bond motifs is 1. The third-order valence-electron chi connectivity index (χ3n) is 1.41. The molecule has 12 heavy (non-hydrogen) atoms. The Morgan fingerprint density at radius 3 is 3.08 bits per heavy atom. The van der Waals surface area contributed by atoms with Crippen molar-refractivity contribution in [2.24, 2.45) is 0 Å². The molecule has 2 heterocycles. The molecule has 0 bridgehead atoms. The molecule has 4 nitrogen and oxygen atoms in total. The molecule has 0 aliphatic heterocycles. The monoisotopic (exact) mass is 222 g/mol. The summed E-state index contributed by atoms with van der Waals surface area (Å²) >= 11 is 3.31. The summed E-state index contributed by atoms with van der Waals surface area (Å²) in [6.07, 6.45) is 1.74. The van der Waals surface area contributed by atoms with Gasteiger partial charge in [0.15, 0.2) is 5.65 Å². The Labute approximate surface area is 76.6 Å². The quantitative estimate of drug-likeness (QED) is 0.677. The zero-order valence-electron chi connectivity index (χ0n) is 5.90. The largest absolute Gasteiger partial charge is 0.253 e. The molecule has 58 valence electrons. The van der Waals surface area contributed by atoms with Crippen LogP contribution in [0.5, 0.6) is 0 Å². The average Bonchev–Trinajstić information content (AvgIpc) is 2.49. The summed E-state index contributed by atoms with van der Waals surface area (Å²) in [7, 11) is 0. The first-order chi connectivity index (χ1) is 5.81. The van der Waals surface area contributed by atoms with Gasteiger partial charge in [-0.2, -0.15) is 10.2 Å². The topological polar surface area (TPSA) is 54.0 Å². The first-order valence-corrected chi connectivity index (χ1v) is 4.01. The Hall–Kier alpha value is -1.41. The normalized spacial score (nSPS) is 10.0. The molecule has 0 amide bonds. The molecule has 0 saturated carbocycles. The Morgan fingerprint density at radius 1 is 1.58 bits per heavy atom. The van der Waals surface area contributed by atoms with Gasteiger partial charge in [0.2, 0.25) is 0 Å². The van der Waals surface area contributed by atoms with E-state index in [0.717, 1.165) is 4.47 Å². The van der Waals surface area contributed by atoms with Crippen LogP contribution in [0, 0.1) is 11.3 Å². The molecule has 2 aromatic rings. The number of aromatic nitrogens is 3. The van der Waals surface area contributed by atoms with Gasteiger partial charge in [-0.3, -0.25) is 0 Å². The van der Waals surface area contributed by atoms with Crippen LogP contribution in [0.2, 0.25) is 0 Å². The van der Waals surface area contributed by atoms with Crippen LogP contribution >= 0.6 is 15.9 Å². The number of pyridine rings is 1. The van der Waals surface area contributed by atoms with Crippen molar-refractivity contribution >= 4 is 21.6 Å². The average molecular weight is 223 g/mol. The summed E-state index contributed by atoms with van der Waals surface area (Å²) in [6.45, 7) is 0. The summed E-state index contributed by atoms with van der Waals surface area (Å²) in [4.78, 5) is 3.97. The predicted molar refractivity (Wildman–Crippen MR) is 45.4 cm³/mol. The van der Waals surface area contributed by atoms with Gasteiger partial charge in [0.1, 0.15) is 6.07 Å². The number of hydrogen-bond acceptors (Lipinski definition) is 3. The molecule has 0 atom stereocenters. The van der Waals surface area contributed by atoms with Gasteiger partial charge in [-0.15, -0.1) is 5.10 Å². The molecule has 0 saturated heterocycles. The zero-order chi connectivity index (χ0) is 8.55. The molecule has 0 aliphatic rings. The van der Waals surface area contributed by atoms with Gasteiger partial charge in [0.25, 0.3) is 5.82 Å². The molecule has 0 aromatic carbocycles. The lowest BCUT2D eigenvalue weighted by Gasteiger charge is -1.90. The number of halogens is 1. The molecule has 2 rings (SSSR count). The number of nitrogens with zero attached hydrogens (tertiary/aromatic N) is 4. The highest BCUT2D eigenvalue weighted by atomic mass is 79.9. The molecular formula is C7H3BrN4. The lowest BCUT2D eigenvalue weighted by molar-refractivity contribution is 0.947. The van der Waals surface area contributed by atoms with E-state index in [2.05, 4.69) is 26.0 Å². The minimum absolute atomic E-state index is 0.182. The Kier molecular flexibility index (Phi) is 1.55. The van der Waals surface area contributed by atoms with Gasteiger partial charge in [-0.05, 0) is 28.1 Å². The molecule has 0 aliphatic carbocycles. The first-order valence-electron chi connectivity index (χ1n) is 3.22. The van der Waals surface area contributed by atoms with E-state index < -0.39 is 0 Å². The van der Waals surface area contributed by atoms with E-state index in [1.54, 1.807) is 10.7 Å². The Balaban J connectivity index is 2.85. The molecule has 0 radical (unpaired) electrons. The van der Waals surface area contributed by atoms with Gasteiger partial charge < -0.3 is 0 Å². The second kappa shape index (κ2) is 2.57. The van der Waals surface area contributed by atoms with E-state index in [-0.39, 0.29) is 5.82 Å². The molecule has 0 fully saturated rings. The van der Waals surface area contributed by atoms with Gasteiger partial charge in [-0.25, -0.2) is 4.52 Å². The van der Waals surface area contributed by atoms with Crippen molar-refractivity contribution in [1.82, 2.24) is 14.6 Å². The van der Waals surface area contributed by atoms with Crippen molar-refractivity contribution in [3.63, 3.8) is 0 Å². The van der Waals surface area contributed by atoms with Crippen molar-refractivity contribution in [1.29, 1.82) is 5.26 Å². The van der Waals surface area contributed by atoms with Crippen LogP contribution in [0.25, 0.3) is 5.65 Å². The van der Waals surface area contributed by atoms with Crippen LogP contribution in [-0.2, 0) is 0 Å². The molecule has 0 spiro atoms. The lowest BCUT2D eigenvalue weighted by atomic mass is 10.5. The summed E-state index contributed by atoms with van der Waals surface area (Å²) in [5.41, 5.74) is 0.661. The third-order valence-corrected chi connectivity index (χ3v) is 2.03. The van der Waals surface area contributed by atoms with Crippen molar-refractivity contribution in [3.05, 3.63) is 28.6 Å². The van der Waals surface area contributed by atoms with E-state index >= 15 is 0 Å². The SMILES string of the molecule is N#Cc1nc2c(Br)cccn2n1. The van der Waals surface area contributed by atoms with E-state index in [1.807, 2.05) is 18.2 Å². The van der Waals surface area contributed by atoms with Gasteiger partial charge >= 0.3 is 0 Å². The number of hydrogen-bond donors (Lipinski definition) is 0. The fourth-order valence-corrected chi connectivity index (χ4v) is 1.34. The maximum absolute atomic E-state index is 8.53. The first kappa shape index (κ1) is 7.25. The maximum Gasteiger partial charge on any atom is 0.253 e. The second-order valence-electron chi connectivity index (χ2n) is 2.17. The van der Waals surface area contributed by atoms with E-state index in [0.29, 0.717) is 5.65 Å². The fraction of sp³-hybridized carbons (Fsp3) is 0. The van der Waals surface area contributed by atoms with Crippen molar-refractivity contribution < 1.29 is 0 Å². The summed E-state index contributed by atoms with van der Waals surface area (Å²) in [5, 5.41) is 12.4. The molecule has 2 aromatic heterocycles. The minimum atomic E-state index is 0.182. The lowest BCUT2D eigenvalue weighted by Crippen LogP contribution is -1.85. The predicted octanol–water partition coefficient (Wildman–Crippen LogP) is 1.36. The number of nitriles is 1. The maximum atomic E-state index is 8.53. The summed E-state index contributed by atoms with van der Waals surface area (Å²) in [5.74, 6) is 0.182. The smallest absolute Gasteiger partial charge is 0.219 e. The molecule has 0 unspecified atom stereocenters. The van der Waals surface area contributed by atoms with Crippen LogP contribution < -0.4 is 0 Å². The van der Waals surface area contributed by atoms with E-state index in [9.17, 15) is 0 Å². The van der Waals surface area contributed by atoms with Crippen molar-refractivity contribution in [3.8, 4) is 6.07 Å². The van der Waals surface area contributed by atoms with Crippen molar-refractivity contribution in [2.75, 3.05) is 0 Å². The van der Waals surface area contributed by atoms with Gasteiger partial charge in [-0.1, -0.05) is 0 Å².